The maximum Gasteiger partial charge on any atom is 0.243 e. The molecule has 0 bridgehead atoms. The van der Waals surface area contributed by atoms with Crippen molar-refractivity contribution in [2.75, 3.05) is 11.9 Å². The number of β-amino-alcohol motifs (C(OH)–C–C–N with tert-alkyl or cyclic N) is 1. The molecule has 2 heterocycles. The lowest BCUT2D eigenvalue weighted by atomic mass is 10.2. The molecule has 1 aromatic rings. The van der Waals surface area contributed by atoms with Gasteiger partial charge >= 0.3 is 0 Å². The second-order valence-corrected chi connectivity index (χ2v) is 5.20. The van der Waals surface area contributed by atoms with Crippen molar-refractivity contribution in [1.29, 1.82) is 0 Å². The van der Waals surface area contributed by atoms with Gasteiger partial charge in [0.1, 0.15) is 0 Å². The van der Waals surface area contributed by atoms with Crippen molar-refractivity contribution in [2.24, 2.45) is 0 Å². The van der Waals surface area contributed by atoms with E-state index in [0.717, 1.165) is 10.6 Å². The maximum atomic E-state index is 11.8. The molecule has 0 aliphatic carbocycles. The number of aromatic nitrogens is 1. The number of thiazole rings is 1. The zero-order valence-corrected chi connectivity index (χ0v) is 11.3. The number of aliphatic hydroxyl groups is 1. The lowest BCUT2D eigenvalue weighted by molar-refractivity contribution is -0.117. The Hall–Kier alpha value is -0.690. The second kappa shape index (κ2) is 5.77. The topological polar surface area (TPSA) is 74.2 Å². The molecule has 1 aliphatic heterocycles. The Morgan fingerprint density at radius 1 is 1.59 bits per heavy atom. The van der Waals surface area contributed by atoms with Gasteiger partial charge in [0, 0.05) is 11.4 Å². The van der Waals surface area contributed by atoms with Crippen molar-refractivity contribution in [1.82, 2.24) is 10.3 Å². The Kier molecular flexibility index (Phi) is 4.88. The van der Waals surface area contributed by atoms with Gasteiger partial charge in [-0.1, -0.05) is 0 Å². The van der Waals surface area contributed by atoms with Crippen molar-refractivity contribution < 1.29 is 9.90 Å². The van der Waals surface area contributed by atoms with E-state index in [-0.39, 0.29) is 24.4 Å². The monoisotopic (exact) mass is 277 g/mol. The number of nitrogens with one attached hydrogen (secondary N) is 2. The van der Waals surface area contributed by atoms with Crippen LogP contribution in [0.2, 0.25) is 0 Å². The minimum atomic E-state index is -0.421. The molecule has 5 nitrogen and oxygen atoms in total. The molecule has 1 aromatic heterocycles. The summed E-state index contributed by atoms with van der Waals surface area (Å²) in [6.07, 6.45) is 0.0466. The molecule has 1 saturated heterocycles. The first-order valence-electron chi connectivity index (χ1n) is 5.22. The third-order valence-corrected chi connectivity index (χ3v) is 3.67. The SMILES string of the molecule is Cc1nc(NC(=O)C2CC(O)CN2)sc1C.Cl. The van der Waals surface area contributed by atoms with Crippen LogP contribution >= 0.6 is 23.7 Å². The average molecular weight is 278 g/mol. The number of nitrogens with zero attached hydrogens (tertiary/aromatic N) is 1. The van der Waals surface area contributed by atoms with Gasteiger partial charge in [0.05, 0.1) is 17.8 Å². The Morgan fingerprint density at radius 3 is 2.76 bits per heavy atom. The molecular formula is C10H16ClN3O2S. The van der Waals surface area contributed by atoms with E-state index in [1.165, 1.54) is 11.3 Å². The molecule has 1 aliphatic rings. The van der Waals surface area contributed by atoms with Gasteiger partial charge in [-0.3, -0.25) is 4.79 Å². The van der Waals surface area contributed by atoms with Gasteiger partial charge in [0.2, 0.25) is 5.91 Å². The summed E-state index contributed by atoms with van der Waals surface area (Å²) in [6.45, 7) is 4.37. The number of halogens is 1. The van der Waals surface area contributed by atoms with Gasteiger partial charge in [-0.05, 0) is 20.3 Å². The molecule has 0 spiro atoms. The van der Waals surface area contributed by atoms with E-state index in [9.17, 15) is 9.90 Å². The van der Waals surface area contributed by atoms with Crippen LogP contribution in [0.1, 0.15) is 17.0 Å². The van der Waals surface area contributed by atoms with E-state index in [4.69, 9.17) is 0 Å². The van der Waals surface area contributed by atoms with Crippen molar-refractivity contribution in [3.05, 3.63) is 10.6 Å². The average Bonchev–Trinajstić information content (AvgIpc) is 2.75. The smallest absolute Gasteiger partial charge is 0.243 e. The largest absolute Gasteiger partial charge is 0.392 e. The summed E-state index contributed by atoms with van der Waals surface area (Å²) < 4.78 is 0. The fourth-order valence-corrected chi connectivity index (χ4v) is 2.45. The number of hydrogen-bond acceptors (Lipinski definition) is 5. The summed E-state index contributed by atoms with van der Waals surface area (Å²) in [4.78, 5) is 17.1. The predicted molar refractivity (Wildman–Crippen MR) is 69.9 cm³/mol. The van der Waals surface area contributed by atoms with Crippen LogP contribution in [-0.2, 0) is 4.79 Å². The Morgan fingerprint density at radius 2 is 2.29 bits per heavy atom. The molecule has 2 atom stereocenters. The number of aliphatic hydroxyl groups excluding tert-OH is 1. The highest BCUT2D eigenvalue weighted by molar-refractivity contribution is 7.15. The number of carbonyl (C=O) groups is 1. The fraction of sp³-hybridized carbons (Fsp3) is 0.600. The fourth-order valence-electron chi connectivity index (χ4n) is 1.64. The zero-order chi connectivity index (χ0) is 11.7. The van der Waals surface area contributed by atoms with Crippen molar-refractivity contribution >= 4 is 34.8 Å². The normalized spacial score (nSPS) is 23.2. The molecule has 0 saturated carbocycles. The molecule has 1 amide bonds. The molecule has 0 radical (unpaired) electrons. The lowest BCUT2D eigenvalue weighted by Crippen LogP contribution is -2.35. The van der Waals surface area contributed by atoms with Crippen molar-refractivity contribution in [3.63, 3.8) is 0 Å². The van der Waals surface area contributed by atoms with E-state index in [1.54, 1.807) is 0 Å². The van der Waals surface area contributed by atoms with Crippen LogP contribution in [0.3, 0.4) is 0 Å². The number of aryl methyl sites for hydroxylation is 2. The van der Waals surface area contributed by atoms with E-state index < -0.39 is 6.10 Å². The van der Waals surface area contributed by atoms with Crippen LogP contribution in [0.15, 0.2) is 0 Å². The van der Waals surface area contributed by atoms with Crippen LogP contribution < -0.4 is 10.6 Å². The zero-order valence-electron chi connectivity index (χ0n) is 9.69. The number of rotatable bonds is 2. The van der Waals surface area contributed by atoms with E-state index in [0.29, 0.717) is 18.1 Å². The summed E-state index contributed by atoms with van der Waals surface area (Å²) in [5.74, 6) is -0.120. The Labute approximate surface area is 110 Å². The van der Waals surface area contributed by atoms with E-state index in [1.807, 2.05) is 13.8 Å². The first kappa shape index (κ1) is 14.4. The van der Waals surface area contributed by atoms with Crippen LogP contribution in [0.5, 0.6) is 0 Å². The Balaban J connectivity index is 0.00000144. The maximum absolute atomic E-state index is 11.8. The summed E-state index contributed by atoms with van der Waals surface area (Å²) in [5, 5.41) is 15.7. The molecule has 2 unspecified atom stereocenters. The van der Waals surface area contributed by atoms with E-state index in [2.05, 4.69) is 15.6 Å². The molecular weight excluding hydrogens is 262 g/mol. The molecule has 0 aromatic carbocycles. The third kappa shape index (κ3) is 3.38. The summed E-state index contributed by atoms with van der Waals surface area (Å²) in [5.41, 5.74) is 0.944. The first-order valence-corrected chi connectivity index (χ1v) is 6.04. The minimum absolute atomic E-state index is 0. The molecule has 7 heteroatoms. The van der Waals surface area contributed by atoms with Gasteiger partial charge in [-0.25, -0.2) is 4.98 Å². The van der Waals surface area contributed by atoms with Gasteiger partial charge in [0.15, 0.2) is 5.13 Å². The minimum Gasteiger partial charge on any atom is -0.392 e. The molecule has 1 fully saturated rings. The molecule has 2 rings (SSSR count). The molecule has 17 heavy (non-hydrogen) atoms. The quantitative estimate of drug-likeness (QED) is 0.749. The van der Waals surface area contributed by atoms with Crippen molar-refractivity contribution in [3.8, 4) is 0 Å². The highest BCUT2D eigenvalue weighted by Crippen LogP contribution is 2.21. The van der Waals surface area contributed by atoms with Gasteiger partial charge in [0.25, 0.3) is 0 Å². The number of anilines is 1. The highest BCUT2D eigenvalue weighted by Gasteiger charge is 2.28. The van der Waals surface area contributed by atoms with Gasteiger partial charge < -0.3 is 15.7 Å². The van der Waals surface area contributed by atoms with Crippen molar-refractivity contribution in [2.45, 2.75) is 32.4 Å². The summed E-state index contributed by atoms with van der Waals surface area (Å²) in [7, 11) is 0. The Bertz CT molecular complexity index is 391. The summed E-state index contributed by atoms with van der Waals surface area (Å²) >= 11 is 1.47. The van der Waals surface area contributed by atoms with Crippen LogP contribution in [0.4, 0.5) is 5.13 Å². The first-order chi connectivity index (χ1) is 7.56. The third-order valence-electron chi connectivity index (χ3n) is 2.68. The van der Waals surface area contributed by atoms with Crippen LogP contribution in [0, 0.1) is 13.8 Å². The van der Waals surface area contributed by atoms with E-state index >= 15 is 0 Å². The standard InChI is InChI=1S/C10H15N3O2S.ClH/c1-5-6(2)16-10(12-5)13-9(15)8-3-7(14)4-11-8;/h7-8,11,14H,3-4H2,1-2H3,(H,12,13,15);1H. The van der Waals surface area contributed by atoms with Gasteiger partial charge in [-0.2, -0.15) is 0 Å². The van der Waals surface area contributed by atoms with Gasteiger partial charge in [-0.15, -0.1) is 23.7 Å². The second-order valence-electron chi connectivity index (χ2n) is 4.00. The number of carbonyl (C=O) groups excluding carboxylic acids is 1. The lowest BCUT2D eigenvalue weighted by Gasteiger charge is -2.08. The summed E-state index contributed by atoms with van der Waals surface area (Å²) in [6, 6.07) is -0.306. The molecule has 3 N–H and O–H groups in total. The number of amides is 1. The van der Waals surface area contributed by atoms with Crippen LogP contribution in [-0.4, -0.2) is 34.7 Å². The highest BCUT2D eigenvalue weighted by atomic mass is 35.5. The predicted octanol–water partition coefficient (Wildman–Crippen LogP) is 0.843. The number of hydrogen-bond donors (Lipinski definition) is 3. The van der Waals surface area contributed by atoms with Crippen LogP contribution in [0.25, 0.3) is 0 Å². The molecule has 96 valence electrons.